The normalized spacial score (nSPS) is 16.0. The largest absolute Gasteiger partial charge is 0.486 e. The number of carbonyl (C=O) groups is 1. The summed E-state index contributed by atoms with van der Waals surface area (Å²) in [5.41, 5.74) is -0.558. The van der Waals surface area contributed by atoms with Gasteiger partial charge in [0.2, 0.25) is 5.75 Å². The van der Waals surface area contributed by atoms with Crippen molar-refractivity contribution in [2.75, 3.05) is 19.8 Å². The van der Waals surface area contributed by atoms with Gasteiger partial charge in [-0.25, -0.2) is 4.98 Å². The van der Waals surface area contributed by atoms with Crippen molar-refractivity contribution in [1.82, 2.24) is 14.9 Å². The van der Waals surface area contributed by atoms with Gasteiger partial charge >= 0.3 is 6.18 Å². The second-order valence-corrected chi connectivity index (χ2v) is 9.94. The van der Waals surface area contributed by atoms with Crippen molar-refractivity contribution in [3.8, 4) is 5.75 Å². The molecule has 1 atom stereocenters. The zero-order chi connectivity index (χ0) is 27.2. The molecule has 1 saturated carbocycles. The van der Waals surface area contributed by atoms with Gasteiger partial charge in [-0.05, 0) is 43.9 Å². The molecule has 0 bridgehead atoms. The van der Waals surface area contributed by atoms with Crippen molar-refractivity contribution in [3.63, 3.8) is 0 Å². The van der Waals surface area contributed by atoms with Crippen LogP contribution in [0.15, 0.2) is 29.1 Å². The fourth-order valence-corrected chi connectivity index (χ4v) is 4.95. The summed E-state index contributed by atoms with van der Waals surface area (Å²) in [7, 11) is 0. The van der Waals surface area contributed by atoms with Gasteiger partial charge in [0.25, 0.3) is 11.5 Å². The number of H-pyrrole nitrogens is 1. The fraction of sp³-hybridized carbons (Fsp3) is 0.577. The minimum atomic E-state index is -4.74. The zero-order valence-corrected chi connectivity index (χ0v) is 21.8. The number of benzene rings is 1. The molecule has 37 heavy (non-hydrogen) atoms. The molecule has 0 spiro atoms. The summed E-state index contributed by atoms with van der Waals surface area (Å²) in [4.78, 5) is 34.1. The fourth-order valence-electron chi connectivity index (χ4n) is 4.82. The topological polar surface area (TPSA) is 95.5 Å². The van der Waals surface area contributed by atoms with Crippen LogP contribution in [0.4, 0.5) is 13.2 Å². The van der Waals surface area contributed by atoms with Gasteiger partial charge in [-0.3, -0.25) is 9.59 Å². The van der Waals surface area contributed by atoms with Crippen molar-refractivity contribution in [1.29, 1.82) is 0 Å². The Morgan fingerprint density at radius 2 is 1.92 bits per heavy atom. The summed E-state index contributed by atoms with van der Waals surface area (Å²) in [5.74, 6) is -1.34. The maximum Gasteiger partial charge on any atom is 0.408 e. The quantitative estimate of drug-likeness (QED) is 0.387. The van der Waals surface area contributed by atoms with Gasteiger partial charge in [-0.2, -0.15) is 13.2 Å². The highest BCUT2D eigenvalue weighted by Crippen LogP contribution is 2.43. The van der Waals surface area contributed by atoms with E-state index in [-0.39, 0.29) is 24.3 Å². The Morgan fingerprint density at radius 3 is 2.49 bits per heavy atom. The molecule has 1 aliphatic carbocycles. The lowest BCUT2D eigenvalue weighted by atomic mass is 9.76. The van der Waals surface area contributed by atoms with Crippen LogP contribution in [0.25, 0.3) is 0 Å². The van der Waals surface area contributed by atoms with Crippen LogP contribution in [0, 0.1) is 0 Å². The van der Waals surface area contributed by atoms with Crippen molar-refractivity contribution >= 4 is 17.5 Å². The van der Waals surface area contributed by atoms with Crippen LogP contribution in [0.3, 0.4) is 0 Å². The highest BCUT2D eigenvalue weighted by molar-refractivity contribution is 6.30. The molecule has 1 unspecified atom stereocenters. The molecular weight excluding hydrogens is 511 g/mol. The number of hydrogen-bond donors (Lipinski definition) is 2. The Kier molecular flexibility index (Phi) is 9.63. The average molecular weight is 544 g/mol. The van der Waals surface area contributed by atoms with E-state index in [1.165, 1.54) is 0 Å². The molecule has 1 heterocycles. The number of amides is 1. The van der Waals surface area contributed by atoms with Crippen LogP contribution < -0.4 is 10.3 Å². The van der Waals surface area contributed by atoms with Crippen molar-refractivity contribution in [2.24, 2.45) is 0 Å². The minimum Gasteiger partial charge on any atom is -0.486 e. The highest BCUT2D eigenvalue weighted by Gasteiger charge is 2.43. The van der Waals surface area contributed by atoms with Crippen LogP contribution >= 0.6 is 11.6 Å². The van der Waals surface area contributed by atoms with Gasteiger partial charge < -0.3 is 19.7 Å². The molecule has 0 saturated heterocycles. The van der Waals surface area contributed by atoms with Gasteiger partial charge in [0.1, 0.15) is 11.9 Å². The van der Waals surface area contributed by atoms with Gasteiger partial charge in [0.05, 0.1) is 13.2 Å². The Bertz CT molecular complexity index is 1120. The second-order valence-electron chi connectivity index (χ2n) is 9.50. The van der Waals surface area contributed by atoms with Gasteiger partial charge in [-0.1, -0.05) is 49.9 Å². The molecule has 7 nitrogen and oxygen atoms in total. The number of aliphatic hydroxyl groups excluding tert-OH is 1. The van der Waals surface area contributed by atoms with E-state index < -0.39 is 48.3 Å². The summed E-state index contributed by atoms with van der Waals surface area (Å²) in [6, 6.07) is 5.23. The summed E-state index contributed by atoms with van der Waals surface area (Å²) in [5, 5.41) is 9.97. The number of aromatic amines is 1. The summed E-state index contributed by atoms with van der Waals surface area (Å²) < 4.78 is 46.2. The summed E-state index contributed by atoms with van der Waals surface area (Å²) in [6.07, 6.45) is 0.436. The van der Waals surface area contributed by atoms with Crippen LogP contribution in [-0.4, -0.2) is 57.9 Å². The van der Waals surface area contributed by atoms with Crippen LogP contribution in [0.5, 0.6) is 5.75 Å². The molecule has 0 radical (unpaired) electrons. The smallest absolute Gasteiger partial charge is 0.408 e. The first kappa shape index (κ1) is 29.0. The first-order chi connectivity index (χ1) is 17.5. The SMILES string of the molecule is CCCCOc1c(C(=O)N(CCO)C(C)C(F)(F)F)nc(CC2(c3ccc(Cl)cc3)CCCC2)[nH]c1=O. The molecule has 1 aliphatic rings. The lowest BCUT2D eigenvalue weighted by Crippen LogP contribution is -2.49. The molecule has 1 fully saturated rings. The van der Waals surface area contributed by atoms with Gasteiger partial charge in [0.15, 0.2) is 5.69 Å². The lowest BCUT2D eigenvalue weighted by Gasteiger charge is -2.31. The number of halogens is 4. The molecule has 1 aromatic heterocycles. The Balaban J connectivity index is 2.07. The number of alkyl halides is 3. The Morgan fingerprint density at radius 1 is 1.27 bits per heavy atom. The number of aliphatic hydroxyl groups is 1. The van der Waals surface area contributed by atoms with E-state index in [0.29, 0.717) is 16.3 Å². The molecule has 3 rings (SSSR count). The van der Waals surface area contributed by atoms with Gasteiger partial charge in [0, 0.05) is 23.4 Å². The van der Waals surface area contributed by atoms with Gasteiger partial charge in [-0.15, -0.1) is 0 Å². The Labute approximate surface area is 219 Å². The predicted octanol–water partition coefficient (Wildman–Crippen LogP) is 5.04. The van der Waals surface area contributed by atoms with Crippen molar-refractivity contribution in [2.45, 2.75) is 76.4 Å². The van der Waals surface area contributed by atoms with Crippen LogP contribution in [-0.2, 0) is 11.8 Å². The summed E-state index contributed by atoms with van der Waals surface area (Å²) in [6.45, 7) is 1.57. The Hall–Kier alpha value is -2.59. The number of unbranched alkanes of at least 4 members (excludes halogenated alkanes) is 1. The standard InChI is InChI=1S/C26H33ClF3N3O4/c1-3-4-15-37-22-21(24(36)33(13-14-34)17(2)26(28,29)30)31-20(32-23(22)35)16-25(11-5-6-12-25)18-7-9-19(27)10-8-18/h7-10,17,34H,3-6,11-16H2,1-2H3,(H,31,32,35). The lowest BCUT2D eigenvalue weighted by molar-refractivity contribution is -0.172. The number of ether oxygens (including phenoxy) is 1. The van der Waals surface area contributed by atoms with E-state index in [1.54, 1.807) is 12.1 Å². The molecule has 2 N–H and O–H groups in total. The maximum absolute atomic E-state index is 13.5. The molecule has 204 valence electrons. The predicted molar refractivity (Wildman–Crippen MR) is 134 cm³/mol. The second kappa shape index (κ2) is 12.3. The molecule has 2 aromatic rings. The third kappa shape index (κ3) is 6.84. The molecular formula is C26H33ClF3N3O4. The maximum atomic E-state index is 13.5. The number of carbonyl (C=O) groups excluding carboxylic acids is 1. The monoisotopic (exact) mass is 543 g/mol. The molecule has 1 aromatic carbocycles. The molecule has 11 heteroatoms. The molecule has 0 aliphatic heterocycles. The first-order valence-corrected chi connectivity index (χ1v) is 12.9. The third-order valence-corrected chi connectivity index (χ3v) is 7.19. The molecule has 1 amide bonds. The number of nitrogens with zero attached hydrogens (tertiary/aromatic N) is 2. The van der Waals surface area contributed by atoms with Crippen LogP contribution in [0.1, 0.15) is 74.2 Å². The van der Waals surface area contributed by atoms with Crippen molar-refractivity contribution in [3.05, 3.63) is 56.7 Å². The van der Waals surface area contributed by atoms with E-state index in [4.69, 9.17) is 16.3 Å². The van der Waals surface area contributed by atoms with E-state index >= 15 is 0 Å². The van der Waals surface area contributed by atoms with Crippen molar-refractivity contribution < 1.29 is 27.8 Å². The number of nitrogens with one attached hydrogen (secondary N) is 1. The number of rotatable bonds is 11. The third-order valence-electron chi connectivity index (χ3n) is 6.94. The highest BCUT2D eigenvalue weighted by atomic mass is 35.5. The first-order valence-electron chi connectivity index (χ1n) is 12.5. The number of aromatic nitrogens is 2. The van der Waals surface area contributed by atoms with E-state index in [1.807, 2.05) is 19.1 Å². The van der Waals surface area contributed by atoms with E-state index in [9.17, 15) is 27.9 Å². The average Bonchev–Trinajstić information content (AvgIpc) is 3.32. The minimum absolute atomic E-state index is 0.102. The summed E-state index contributed by atoms with van der Waals surface area (Å²) >= 11 is 6.07. The zero-order valence-electron chi connectivity index (χ0n) is 21.0. The van der Waals surface area contributed by atoms with Crippen LogP contribution in [0.2, 0.25) is 5.02 Å². The number of hydrogen-bond acceptors (Lipinski definition) is 5. The van der Waals surface area contributed by atoms with E-state index in [2.05, 4.69) is 9.97 Å². The van der Waals surface area contributed by atoms with E-state index in [0.717, 1.165) is 44.6 Å².